The van der Waals surface area contributed by atoms with Crippen molar-refractivity contribution in [2.45, 2.75) is 72.8 Å². The molecule has 3 aliphatic rings. The van der Waals surface area contributed by atoms with Gasteiger partial charge in [0, 0.05) is 0 Å². The first-order valence-electron chi connectivity index (χ1n) is 8.45. The van der Waals surface area contributed by atoms with Crippen LogP contribution in [0.2, 0.25) is 0 Å². The van der Waals surface area contributed by atoms with E-state index < -0.39 is 0 Å². The van der Waals surface area contributed by atoms with E-state index in [4.69, 9.17) is 0 Å². The molecule has 0 aliphatic heterocycles. The Morgan fingerprint density at radius 1 is 0.947 bits per heavy atom. The lowest BCUT2D eigenvalue weighted by atomic mass is 9.58. The molecule has 2 bridgehead atoms. The largest absolute Gasteiger partial charge is 0.393 e. The van der Waals surface area contributed by atoms with Gasteiger partial charge in [0.1, 0.15) is 0 Å². The molecular weight excluding hydrogens is 232 g/mol. The van der Waals surface area contributed by atoms with Gasteiger partial charge >= 0.3 is 0 Å². The van der Waals surface area contributed by atoms with E-state index in [0.29, 0.717) is 22.7 Å². The van der Waals surface area contributed by atoms with E-state index in [1.807, 2.05) is 0 Å². The van der Waals surface area contributed by atoms with Crippen molar-refractivity contribution in [1.29, 1.82) is 0 Å². The molecule has 0 aromatic heterocycles. The lowest BCUT2D eigenvalue weighted by Crippen LogP contribution is -2.44. The molecule has 1 heteroatoms. The molecule has 1 nitrogen and oxygen atoms in total. The third-order valence-corrected chi connectivity index (χ3v) is 8.10. The minimum atomic E-state index is -0.0387. The summed E-state index contributed by atoms with van der Waals surface area (Å²) in [7, 11) is 0. The summed E-state index contributed by atoms with van der Waals surface area (Å²) in [6, 6.07) is 0. The van der Waals surface area contributed by atoms with E-state index in [1.54, 1.807) is 0 Å². The first kappa shape index (κ1) is 13.9. The topological polar surface area (TPSA) is 20.2 Å². The van der Waals surface area contributed by atoms with Gasteiger partial charge in [0.15, 0.2) is 0 Å². The van der Waals surface area contributed by atoms with E-state index in [0.717, 1.165) is 24.2 Å². The number of fused-ring (bicyclic) bond motifs is 2. The molecular formula is C18H32O. The van der Waals surface area contributed by atoms with E-state index in [-0.39, 0.29) is 6.10 Å². The molecule has 0 saturated heterocycles. The van der Waals surface area contributed by atoms with Gasteiger partial charge in [-0.1, -0.05) is 34.6 Å². The Kier molecular flexibility index (Phi) is 3.10. The Morgan fingerprint density at radius 2 is 1.58 bits per heavy atom. The van der Waals surface area contributed by atoms with E-state index in [9.17, 15) is 5.11 Å². The maximum atomic E-state index is 10.6. The molecule has 110 valence electrons. The van der Waals surface area contributed by atoms with E-state index >= 15 is 0 Å². The average molecular weight is 264 g/mol. The van der Waals surface area contributed by atoms with Crippen LogP contribution < -0.4 is 0 Å². The fraction of sp³-hybridized carbons (Fsp3) is 1.00. The Labute approximate surface area is 119 Å². The highest BCUT2D eigenvalue weighted by molar-refractivity contribution is 5.12. The quantitative estimate of drug-likeness (QED) is 0.739. The number of aliphatic hydroxyl groups is 1. The predicted molar refractivity (Wildman–Crippen MR) is 79.8 cm³/mol. The molecule has 3 saturated carbocycles. The SMILES string of the molecule is C[C@@H]1C[C@H]([C@H]2C[C@@H]3CC[C@@]2(C)C3(C)C)[C@@H](O)C[C@@H]1C. The summed E-state index contributed by atoms with van der Waals surface area (Å²) in [6.07, 6.45) is 6.45. The van der Waals surface area contributed by atoms with Crippen molar-refractivity contribution in [1.82, 2.24) is 0 Å². The van der Waals surface area contributed by atoms with Crippen LogP contribution in [-0.4, -0.2) is 11.2 Å². The van der Waals surface area contributed by atoms with E-state index in [2.05, 4.69) is 34.6 Å². The highest BCUT2D eigenvalue weighted by atomic mass is 16.3. The second-order valence-electron chi connectivity index (χ2n) is 8.87. The lowest BCUT2D eigenvalue weighted by molar-refractivity contribution is -0.0469. The minimum Gasteiger partial charge on any atom is -0.393 e. The van der Waals surface area contributed by atoms with Gasteiger partial charge in [-0.3, -0.25) is 0 Å². The average Bonchev–Trinajstić information content (AvgIpc) is 2.66. The molecule has 3 fully saturated rings. The highest BCUT2D eigenvalue weighted by Gasteiger charge is 2.63. The Bertz CT molecular complexity index is 361. The molecule has 0 unspecified atom stereocenters. The number of hydrogen-bond acceptors (Lipinski definition) is 1. The van der Waals surface area contributed by atoms with Crippen LogP contribution >= 0.6 is 0 Å². The van der Waals surface area contributed by atoms with Crippen LogP contribution in [0.3, 0.4) is 0 Å². The molecule has 0 aromatic carbocycles. The maximum Gasteiger partial charge on any atom is 0.0574 e. The zero-order valence-electron chi connectivity index (χ0n) is 13.4. The van der Waals surface area contributed by atoms with Gasteiger partial charge in [-0.05, 0) is 72.5 Å². The number of rotatable bonds is 1. The summed E-state index contributed by atoms with van der Waals surface area (Å²) in [6.45, 7) is 12.2. The highest BCUT2D eigenvalue weighted by Crippen LogP contribution is 2.70. The summed E-state index contributed by atoms with van der Waals surface area (Å²) in [5.74, 6) is 3.74. The molecule has 0 heterocycles. The number of hydrogen-bond donors (Lipinski definition) is 1. The van der Waals surface area contributed by atoms with Crippen molar-refractivity contribution in [2.24, 2.45) is 40.4 Å². The summed E-state index contributed by atoms with van der Waals surface area (Å²) >= 11 is 0. The second kappa shape index (κ2) is 4.23. The third-order valence-electron chi connectivity index (χ3n) is 8.10. The maximum absolute atomic E-state index is 10.6. The molecule has 7 atom stereocenters. The number of aliphatic hydroxyl groups excluding tert-OH is 1. The van der Waals surface area contributed by atoms with Gasteiger partial charge in [-0.15, -0.1) is 0 Å². The van der Waals surface area contributed by atoms with Crippen molar-refractivity contribution in [3.63, 3.8) is 0 Å². The summed E-state index contributed by atoms with van der Waals surface area (Å²) < 4.78 is 0. The minimum absolute atomic E-state index is 0.0387. The molecule has 0 amide bonds. The zero-order valence-corrected chi connectivity index (χ0v) is 13.4. The molecule has 3 aliphatic carbocycles. The monoisotopic (exact) mass is 264 g/mol. The van der Waals surface area contributed by atoms with Gasteiger partial charge in [0.25, 0.3) is 0 Å². The molecule has 0 aromatic rings. The van der Waals surface area contributed by atoms with Crippen LogP contribution in [0.4, 0.5) is 0 Å². The fourth-order valence-electron chi connectivity index (χ4n) is 5.95. The lowest BCUT2D eigenvalue weighted by Gasteiger charge is -2.47. The molecule has 3 rings (SSSR count). The normalized spacial score (nSPS) is 56.5. The van der Waals surface area contributed by atoms with Crippen molar-refractivity contribution >= 4 is 0 Å². The summed E-state index contributed by atoms with van der Waals surface area (Å²) in [4.78, 5) is 0. The Morgan fingerprint density at radius 3 is 2.11 bits per heavy atom. The first-order valence-corrected chi connectivity index (χ1v) is 8.45. The first-order chi connectivity index (χ1) is 8.77. The molecule has 0 spiro atoms. The summed E-state index contributed by atoms with van der Waals surface area (Å²) in [5.41, 5.74) is 0.966. The zero-order chi connectivity index (χ0) is 14.0. The van der Waals surface area contributed by atoms with Crippen LogP contribution in [0.25, 0.3) is 0 Å². The van der Waals surface area contributed by atoms with Crippen LogP contribution in [0.1, 0.15) is 66.7 Å². The molecule has 1 N–H and O–H groups in total. The van der Waals surface area contributed by atoms with Gasteiger partial charge in [0.2, 0.25) is 0 Å². The van der Waals surface area contributed by atoms with Crippen LogP contribution in [-0.2, 0) is 0 Å². The standard InChI is InChI=1S/C18H32O/c1-11-8-14(16(19)9-12(11)2)15-10-13-6-7-18(15,5)17(13,3)4/h11-16,19H,6-10H2,1-5H3/t11-,12+,13+,14-,15-,16+,18-/m1/s1. The Hall–Kier alpha value is -0.0400. The van der Waals surface area contributed by atoms with Crippen molar-refractivity contribution in [2.75, 3.05) is 0 Å². The third kappa shape index (κ3) is 1.76. The van der Waals surface area contributed by atoms with Crippen LogP contribution in [0.5, 0.6) is 0 Å². The van der Waals surface area contributed by atoms with Gasteiger partial charge < -0.3 is 5.11 Å². The van der Waals surface area contributed by atoms with Crippen LogP contribution in [0.15, 0.2) is 0 Å². The summed E-state index contributed by atoms with van der Waals surface area (Å²) in [5, 5.41) is 10.6. The fourth-order valence-corrected chi connectivity index (χ4v) is 5.95. The van der Waals surface area contributed by atoms with Gasteiger partial charge in [0.05, 0.1) is 6.10 Å². The predicted octanol–water partition coefficient (Wildman–Crippen LogP) is 4.49. The smallest absolute Gasteiger partial charge is 0.0574 e. The molecule has 0 radical (unpaired) electrons. The Balaban J connectivity index is 1.84. The molecule has 19 heavy (non-hydrogen) atoms. The van der Waals surface area contributed by atoms with Crippen LogP contribution in [0, 0.1) is 40.4 Å². The van der Waals surface area contributed by atoms with Gasteiger partial charge in [-0.25, -0.2) is 0 Å². The van der Waals surface area contributed by atoms with E-state index in [1.165, 1.54) is 25.7 Å². The van der Waals surface area contributed by atoms with Crippen molar-refractivity contribution in [3.05, 3.63) is 0 Å². The van der Waals surface area contributed by atoms with Gasteiger partial charge in [-0.2, -0.15) is 0 Å². The van der Waals surface area contributed by atoms with Crippen molar-refractivity contribution < 1.29 is 5.11 Å². The van der Waals surface area contributed by atoms with Crippen molar-refractivity contribution in [3.8, 4) is 0 Å². The second-order valence-corrected chi connectivity index (χ2v) is 8.87.